The van der Waals surface area contributed by atoms with Gasteiger partial charge in [0.2, 0.25) is 0 Å². The number of benzene rings is 1. The zero-order chi connectivity index (χ0) is 12.0. The molecule has 3 heteroatoms. The van der Waals surface area contributed by atoms with Gasteiger partial charge < -0.3 is 5.32 Å². The zero-order valence-corrected chi connectivity index (χ0v) is 9.89. The standard InChI is InChI=1S/C13H19F2N/c1-3-4-6-10(16-2)9-11-12(14)7-5-8-13(11)15/h5,7-8,10,16H,3-4,6,9H2,1-2H3. The van der Waals surface area contributed by atoms with Crippen molar-refractivity contribution in [3.8, 4) is 0 Å². The first-order valence-electron chi connectivity index (χ1n) is 5.79. The molecule has 0 heterocycles. The van der Waals surface area contributed by atoms with Gasteiger partial charge in [0.25, 0.3) is 0 Å². The van der Waals surface area contributed by atoms with Crippen LogP contribution in [0, 0.1) is 11.6 Å². The second kappa shape index (κ2) is 6.59. The highest BCUT2D eigenvalue weighted by Crippen LogP contribution is 2.16. The van der Waals surface area contributed by atoms with Gasteiger partial charge >= 0.3 is 0 Å². The summed E-state index contributed by atoms with van der Waals surface area (Å²) in [5.41, 5.74) is 0.193. The van der Waals surface area contributed by atoms with Crippen molar-refractivity contribution < 1.29 is 8.78 Å². The Bertz CT molecular complexity index is 305. The third-order valence-corrected chi connectivity index (χ3v) is 2.83. The normalized spacial score (nSPS) is 12.8. The minimum Gasteiger partial charge on any atom is -0.317 e. The fourth-order valence-electron chi connectivity index (χ4n) is 1.77. The van der Waals surface area contributed by atoms with Crippen LogP contribution in [0.15, 0.2) is 18.2 Å². The molecule has 1 aromatic carbocycles. The molecule has 0 aromatic heterocycles. The topological polar surface area (TPSA) is 12.0 Å². The maximum Gasteiger partial charge on any atom is 0.129 e. The molecule has 0 radical (unpaired) electrons. The highest BCUT2D eigenvalue weighted by Gasteiger charge is 2.13. The summed E-state index contributed by atoms with van der Waals surface area (Å²) in [6.45, 7) is 2.11. The third kappa shape index (κ3) is 3.56. The molecule has 0 saturated heterocycles. The molecule has 1 rings (SSSR count). The fourth-order valence-corrected chi connectivity index (χ4v) is 1.77. The molecule has 0 spiro atoms. The molecule has 1 nitrogen and oxygen atoms in total. The second-order valence-electron chi connectivity index (χ2n) is 4.03. The summed E-state index contributed by atoms with van der Waals surface area (Å²) in [5.74, 6) is -0.895. The Hall–Kier alpha value is -0.960. The summed E-state index contributed by atoms with van der Waals surface area (Å²) >= 11 is 0. The first-order chi connectivity index (χ1) is 7.69. The van der Waals surface area contributed by atoms with Crippen LogP contribution in [0.4, 0.5) is 8.78 Å². The van der Waals surface area contributed by atoms with Crippen molar-refractivity contribution in [2.45, 2.75) is 38.6 Å². The predicted molar refractivity (Wildman–Crippen MR) is 62.4 cm³/mol. The average Bonchev–Trinajstić information content (AvgIpc) is 2.28. The van der Waals surface area contributed by atoms with Crippen molar-refractivity contribution in [1.29, 1.82) is 0 Å². The van der Waals surface area contributed by atoms with Gasteiger partial charge in [-0.15, -0.1) is 0 Å². The van der Waals surface area contributed by atoms with Gasteiger partial charge in [-0.05, 0) is 32.0 Å². The molecule has 1 atom stereocenters. The highest BCUT2D eigenvalue weighted by atomic mass is 19.1. The first kappa shape index (κ1) is 13.1. The molecule has 90 valence electrons. The van der Waals surface area contributed by atoms with Crippen LogP contribution in [0.3, 0.4) is 0 Å². The Morgan fingerprint density at radius 3 is 2.38 bits per heavy atom. The summed E-state index contributed by atoms with van der Waals surface area (Å²) in [5, 5.41) is 3.11. The molecule has 0 aliphatic carbocycles. The van der Waals surface area contributed by atoms with E-state index in [1.54, 1.807) is 0 Å². The third-order valence-electron chi connectivity index (χ3n) is 2.83. The second-order valence-corrected chi connectivity index (χ2v) is 4.03. The van der Waals surface area contributed by atoms with Crippen LogP contribution in [-0.4, -0.2) is 13.1 Å². The van der Waals surface area contributed by atoms with Gasteiger partial charge in [-0.3, -0.25) is 0 Å². The Balaban J connectivity index is 2.69. The quantitative estimate of drug-likeness (QED) is 0.786. The van der Waals surface area contributed by atoms with Crippen molar-refractivity contribution in [2.24, 2.45) is 0 Å². The maximum atomic E-state index is 13.4. The monoisotopic (exact) mass is 227 g/mol. The molecule has 0 amide bonds. The summed E-state index contributed by atoms with van der Waals surface area (Å²) in [6.07, 6.45) is 3.52. The lowest BCUT2D eigenvalue weighted by molar-refractivity contribution is 0.470. The molecular weight excluding hydrogens is 208 g/mol. The van der Waals surface area contributed by atoms with Crippen molar-refractivity contribution in [3.63, 3.8) is 0 Å². The van der Waals surface area contributed by atoms with Crippen LogP contribution in [-0.2, 0) is 6.42 Å². The molecule has 1 aromatic rings. The Morgan fingerprint density at radius 1 is 1.25 bits per heavy atom. The predicted octanol–water partition coefficient (Wildman–Crippen LogP) is 3.29. The van der Waals surface area contributed by atoms with Gasteiger partial charge in [0, 0.05) is 11.6 Å². The number of likely N-dealkylation sites (N-methyl/N-ethyl adjacent to an activating group) is 1. The number of hydrogen-bond donors (Lipinski definition) is 1. The van der Waals surface area contributed by atoms with E-state index in [1.165, 1.54) is 18.2 Å². The molecular formula is C13H19F2N. The van der Waals surface area contributed by atoms with Gasteiger partial charge in [0.1, 0.15) is 11.6 Å². The van der Waals surface area contributed by atoms with Crippen LogP contribution < -0.4 is 5.32 Å². The van der Waals surface area contributed by atoms with Gasteiger partial charge in [-0.2, -0.15) is 0 Å². The van der Waals surface area contributed by atoms with E-state index < -0.39 is 11.6 Å². The van der Waals surface area contributed by atoms with E-state index in [0.717, 1.165) is 19.3 Å². The van der Waals surface area contributed by atoms with Crippen molar-refractivity contribution in [3.05, 3.63) is 35.4 Å². The summed E-state index contributed by atoms with van der Waals surface area (Å²) in [6, 6.07) is 4.16. The van der Waals surface area contributed by atoms with E-state index in [-0.39, 0.29) is 11.6 Å². The smallest absolute Gasteiger partial charge is 0.129 e. The Morgan fingerprint density at radius 2 is 1.88 bits per heavy atom. The lowest BCUT2D eigenvalue weighted by Gasteiger charge is -2.16. The van der Waals surface area contributed by atoms with E-state index in [2.05, 4.69) is 12.2 Å². The Labute approximate surface area is 95.9 Å². The van der Waals surface area contributed by atoms with Gasteiger partial charge in [0.05, 0.1) is 0 Å². The zero-order valence-electron chi connectivity index (χ0n) is 9.89. The SMILES string of the molecule is CCCCC(Cc1c(F)cccc1F)NC. The van der Waals surface area contributed by atoms with Gasteiger partial charge in [0.15, 0.2) is 0 Å². The van der Waals surface area contributed by atoms with Crippen molar-refractivity contribution >= 4 is 0 Å². The van der Waals surface area contributed by atoms with E-state index >= 15 is 0 Å². The van der Waals surface area contributed by atoms with E-state index in [0.29, 0.717) is 6.42 Å². The fraction of sp³-hybridized carbons (Fsp3) is 0.538. The lowest BCUT2D eigenvalue weighted by Crippen LogP contribution is -2.28. The van der Waals surface area contributed by atoms with E-state index in [9.17, 15) is 8.78 Å². The van der Waals surface area contributed by atoms with Gasteiger partial charge in [-0.25, -0.2) is 8.78 Å². The van der Waals surface area contributed by atoms with Crippen molar-refractivity contribution in [2.75, 3.05) is 7.05 Å². The van der Waals surface area contributed by atoms with Crippen LogP contribution in [0.2, 0.25) is 0 Å². The number of halogens is 2. The molecule has 16 heavy (non-hydrogen) atoms. The number of rotatable bonds is 6. The van der Waals surface area contributed by atoms with Crippen LogP contribution in [0.1, 0.15) is 31.7 Å². The van der Waals surface area contributed by atoms with E-state index in [4.69, 9.17) is 0 Å². The lowest BCUT2D eigenvalue weighted by atomic mass is 10.0. The Kier molecular flexibility index (Phi) is 5.39. The number of hydrogen-bond acceptors (Lipinski definition) is 1. The summed E-state index contributed by atoms with van der Waals surface area (Å²) in [7, 11) is 1.83. The summed E-state index contributed by atoms with van der Waals surface area (Å²) in [4.78, 5) is 0. The van der Waals surface area contributed by atoms with Crippen molar-refractivity contribution in [1.82, 2.24) is 5.32 Å². The maximum absolute atomic E-state index is 13.4. The number of unbranched alkanes of at least 4 members (excludes halogenated alkanes) is 1. The van der Waals surface area contributed by atoms with E-state index in [1.807, 2.05) is 7.05 Å². The molecule has 1 unspecified atom stereocenters. The molecule has 0 bridgehead atoms. The largest absolute Gasteiger partial charge is 0.317 e. The first-order valence-corrected chi connectivity index (χ1v) is 5.79. The van der Waals surface area contributed by atoms with Crippen LogP contribution in [0.25, 0.3) is 0 Å². The molecule has 0 aliphatic rings. The highest BCUT2D eigenvalue weighted by molar-refractivity contribution is 5.20. The minimum atomic E-state index is -0.447. The van der Waals surface area contributed by atoms with Crippen LogP contribution >= 0.6 is 0 Å². The molecule has 1 N–H and O–H groups in total. The van der Waals surface area contributed by atoms with Crippen LogP contribution in [0.5, 0.6) is 0 Å². The van der Waals surface area contributed by atoms with Gasteiger partial charge in [-0.1, -0.05) is 25.8 Å². The molecule has 0 saturated carbocycles. The average molecular weight is 227 g/mol. The summed E-state index contributed by atoms with van der Waals surface area (Å²) < 4.78 is 26.8. The number of nitrogens with one attached hydrogen (secondary N) is 1. The molecule has 0 aliphatic heterocycles. The molecule has 0 fully saturated rings. The minimum absolute atomic E-state index is 0.145.